The van der Waals surface area contributed by atoms with Crippen molar-refractivity contribution in [3.63, 3.8) is 0 Å². The van der Waals surface area contributed by atoms with Crippen LogP contribution in [0, 0.1) is 12.8 Å². The summed E-state index contributed by atoms with van der Waals surface area (Å²) in [6, 6.07) is 26.0. The molecular formula is C34H32N6. The Hall–Kier alpha value is -4.58. The molecule has 0 bridgehead atoms. The third-order valence-electron chi connectivity index (χ3n) is 9.35. The van der Waals surface area contributed by atoms with E-state index in [9.17, 15) is 0 Å². The maximum Gasteiger partial charge on any atom is 0.162 e. The molecule has 0 fully saturated rings. The zero-order valence-electron chi connectivity index (χ0n) is 23.1. The van der Waals surface area contributed by atoms with Crippen molar-refractivity contribution in [1.82, 2.24) is 14.9 Å². The highest BCUT2D eigenvalue weighted by Gasteiger charge is 2.54. The fourth-order valence-electron chi connectivity index (χ4n) is 7.52. The van der Waals surface area contributed by atoms with Gasteiger partial charge in [0.2, 0.25) is 0 Å². The number of para-hydroxylation sites is 2. The number of rotatable bonds is 1. The largest absolute Gasteiger partial charge is 0.358 e. The lowest BCUT2D eigenvalue weighted by Gasteiger charge is -2.52. The molecule has 0 amide bonds. The van der Waals surface area contributed by atoms with Crippen LogP contribution in [0.15, 0.2) is 98.0 Å². The molecule has 4 atom stereocenters. The highest BCUT2D eigenvalue weighted by atomic mass is 15.5. The Labute approximate surface area is 235 Å². The molecule has 0 radical (unpaired) electrons. The molecule has 6 nitrogen and oxygen atoms in total. The van der Waals surface area contributed by atoms with Crippen molar-refractivity contribution in [2.24, 2.45) is 5.92 Å². The van der Waals surface area contributed by atoms with Crippen LogP contribution < -0.4 is 14.7 Å². The molecule has 0 saturated heterocycles. The van der Waals surface area contributed by atoms with Gasteiger partial charge >= 0.3 is 0 Å². The average molecular weight is 525 g/mol. The fraction of sp³-hybridized carbons (Fsp3) is 0.235. The van der Waals surface area contributed by atoms with Gasteiger partial charge in [-0.3, -0.25) is 0 Å². The lowest BCUT2D eigenvalue weighted by atomic mass is 9.72. The van der Waals surface area contributed by atoms with E-state index in [2.05, 4.69) is 132 Å². The van der Waals surface area contributed by atoms with Crippen molar-refractivity contribution in [2.45, 2.75) is 31.6 Å². The lowest BCUT2D eigenvalue weighted by molar-refractivity contribution is 0.184. The molecule has 1 aromatic heterocycles. The summed E-state index contributed by atoms with van der Waals surface area (Å²) in [6.07, 6.45) is 7.60. The summed E-state index contributed by atoms with van der Waals surface area (Å²) in [5.41, 5.74) is 9.51. The number of anilines is 4. The molecule has 5 heterocycles. The minimum Gasteiger partial charge on any atom is -0.358 e. The summed E-state index contributed by atoms with van der Waals surface area (Å²) >= 11 is 0. The van der Waals surface area contributed by atoms with E-state index in [-0.39, 0.29) is 24.2 Å². The summed E-state index contributed by atoms with van der Waals surface area (Å²) in [4.78, 5) is 19.9. The molecule has 8 rings (SSSR count). The number of hydrogen-bond acceptors (Lipinski definition) is 6. The van der Waals surface area contributed by atoms with Gasteiger partial charge in [-0.1, -0.05) is 67.2 Å². The van der Waals surface area contributed by atoms with Gasteiger partial charge < -0.3 is 19.6 Å². The second-order valence-corrected chi connectivity index (χ2v) is 11.5. The first-order chi connectivity index (χ1) is 19.5. The van der Waals surface area contributed by atoms with E-state index in [0.29, 0.717) is 0 Å². The van der Waals surface area contributed by atoms with Gasteiger partial charge in [-0.05, 0) is 42.2 Å². The third-order valence-corrected chi connectivity index (χ3v) is 9.35. The van der Waals surface area contributed by atoms with Gasteiger partial charge in [-0.15, -0.1) is 0 Å². The maximum absolute atomic E-state index is 5.30. The fourth-order valence-corrected chi connectivity index (χ4v) is 7.52. The van der Waals surface area contributed by atoms with E-state index in [1.54, 1.807) is 0 Å². The lowest BCUT2D eigenvalue weighted by Crippen LogP contribution is -2.59. The average Bonchev–Trinajstić information content (AvgIpc) is 3.49. The van der Waals surface area contributed by atoms with Gasteiger partial charge in [0.05, 0.1) is 11.9 Å². The van der Waals surface area contributed by atoms with E-state index < -0.39 is 0 Å². The number of nitrogens with zero attached hydrogens (tertiary/aromatic N) is 6. The van der Waals surface area contributed by atoms with Crippen molar-refractivity contribution in [3.05, 3.63) is 115 Å². The summed E-state index contributed by atoms with van der Waals surface area (Å²) in [5, 5.41) is 0. The van der Waals surface area contributed by atoms with Crippen molar-refractivity contribution >= 4 is 28.5 Å². The van der Waals surface area contributed by atoms with Gasteiger partial charge in [0, 0.05) is 55.1 Å². The van der Waals surface area contributed by atoms with Crippen LogP contribution >= 0.6 is 0 Å². The quantitative estimate of drug-likeness (QED) is 0.274. The van der Waals surface area contributed by atoms with Crippen LogP contribution in [0.2, 0.25) is 0 Å². The maximum atomic E-state index is 5.30. The molecule has 40 heavy (non-hydrogen) atoms. The third kappa shape index (κ3) is 3.10. The minimum absolute atomic E-state index is 0.0406. The van der Waals surface area contributed by atoms with E-state index in [4.69, 9.17) is 9.97 Å². The zero-order valence-corrected chi connectivity index (χ0v) is 23.1. The number of allylic oxidation sites excluding steroid dienone is 1. The Morgan fingerprint density at radius 2 is 1.52 bits per heavy atom. The van der Waals surface area contributed by atoms with Crippen molar-refractivity contribution in [3.8, 4) is 11.4 Å². The molecule has 0 aliphatic carbocycles. The van der Waals surface area contributed by atoms with Crippen LogP contribution in [0.5, 0.6) is 0 Å². The van der Waals surface area contributed by atoms with Crippen LogP contribution in [0.4, 0.5) is 22.9 Å². The highest BCUT2D eigenvalue weighted by molar-refractivity contribution is 5.88. The Balaban J connectivity index is 1.38. The summed E-state index contributed by atoms with van der Waals surface area (Å²) in [6.45, 7) is 6.80. The first-order valence-electron chi connectivity index (χ1n) is 14.0. The first-order valence-corrected chi connectivity index (χ1v) is 14.0. The predicted molar refractivity (Wildman–Crippen MR) is 162 cm³/mol. The number of benzene rings is 3. The number of hydrogen-bond donors (Lipinski definition) is 0. The number of aryl methyl sites for hydroxylation is 1. The van der Waals surface area contributed by atoms with E-state index in [0.717, 1.165) is 35.0 Å². The van der Waals surface area contributed by atoms with E-state index in [1.807, 2.05) is 6.20 Å². The van der Waals surface area contributed by atoms with Gasteiger partial charge in [-0.2, -0.15) is 0 Å². The number of fused-ring (bicyclic) bond motifs is 12. The van der Waals surface area contributed by atoms with Crippen molar-refractivity contribution in [1.29, 1.82) is 0 Å². The molecule has 6 heteroatoms. The van der Waals surface area contributed by atoms with Gasteiger partial charge in [0.25, 0.3) is 0 Å². The minimum atomic E-state index is 0.0406. The summed E-state index contributed by atoms with van der Waals surface area (Å²) < 4.78 is 0. The van der Waals surface area contributed by atoms with Crippen LogP contribution in [-0.4, -0.2) is 41.3 Å². The predicted octanol–water partition coefficient (Wildman–Crippen LogP) is 6.75. The van der Waals surface area contributed by atoms with Gasteiger partial charge in [0.1, 0.15) is 18.0 Å². The van der Waals surface area contributed by atoms with Crippen LogP contribution in [0.3, 0.4) is 0 Å². The molecule has 4 aromatic rings. The molecule has 4 unspecified atom stereocenters. The summed E-state index contributed by atoms with van der Waals surface area (Å²) in [7, 11) is 4.42. The van der Waals surface area contributed by atoms with E-state index in [1.165, 1.54) is 28.0 Å². The first kappa shape index (κ1) is 23.3. The normalized spacial score (nSPS) is 24.0. The standard InChI is InChI=1S/C34H32N6/c1-21-11-5-6-13-24(21)31-35-20-29-32(36-31)40-28-16-10-7-12-23(28)22(2)19-26-25-14-8-9-15-27(25)39-18-17-37(3)33(39)30(26)34(40)38(29)4/h5-18,20,26,30,33-34H,2,19H2,1,3-4H3. The molecule has 0 N–H and O–H groups in total. The summed E-state index contributed by atoms with van der Waals surface area (Å²) in [5.74, 6) is 2.24. The van der Waals surface area contributed by atoms with Gasteiger partial charge in [0.15, 0.2) is 11.6 Å². The SMILES string of the molecule is C=C1CC2c3ccccc3N3C=CN(C)C3C2C2N(C)c3cnc(-c4ccccc4C)nc3N2c2ccccc21. The Morgan fingerprint density at radius 3 is 2.35 bits per heavy atom. The van der Waals surface area contributed by atoms with Crippen LogP contribution in [0.25, 0.3) is 17.0 Å². The van der Waals surface area contributed by atoms with Gasteiger partial charge in [-0.25, -0.2) is 9.97 Å². The topological polar surface area (TPSA) is 38.7 Å². The van der Waals surface area contributed by atoms with Crippen molar-refractivity contribution in [2.75, 3.05) is 28.8 Å². The molecule has 3 aromatic carbocycles. The highest BCUT2D eigenvalue weighted by Crippen LogP contribution is 2.57. The van der Waals surface area contributed by atoms with Crippen LogP contribution in [0.1, 0.15) is 29.0 Å². The second kappa shape index (κ2) is 8.46. The number of aromatic nitrogens is 2. The smallest absolute Gasteiger partial charge is 0.162 e. The molecule has 198 valence electrons. The Morgan fingerprint density at radius 1 is 0.800 bits per heavy atom. The van der Waals surface area contributed by atoms with Crippen LogP contribution in [-0.2, 0) is 0 Å². The molecule has 4 aliphatic rings. The Kier molecular flexibility index (Phi) is 4.93. The zero-order chi connectivity index (χ0) is 27.1. The second-order valence-electron chi connectivity index (χ2n) is 11.5. The molecule has 0 spiro atoms. The molecule has 4 aliphatic heterocycles. The van der Waals surface area contributed by atoms with Crippen molar-refractivity contribution < 1.29 is 0 Å². The monoisotopic (exact) mass is 524 g/mol. The molecule has 0 saturated carbocycles. The Bertz CT molecular complexity index is 1710. The molecular weight excluding hydrogens is 492 g/mol. The van der Waals surface area contributed by atoms with E-state index >= 15 is 0 Å².